The van der Waals surface area contributed by atoms with Gasteiger partial charge in [-0.3, -0.25) is 0 Å². The monoisotopic (exact) mass is 181 g/mol. The van der Waals surface area contributed by atoms with Crippen molar-refractivity contribution in [3.63, 3.8) is 0 Å². The second-order valence-corrected chi connectivity index (χ2v) is 2.97. The molecule has 0 aliphatic carbocycles. The van der Waals surface area contributed by atoms with Crippen LogP contribution < -0.4 is 5.73 Å². The molecule has 0 saturated carbocycles. The van der Waals surface area contributed by atoms with Crippen molar-refractivity contribution in [1.29, 1.82) is 0 Å². The van der Waals surface area contributed by atoms with E-state index in [1.807, 2.05) is 36.4 Å². The molecular formula is C10H12ClN. The molecule has 2 N–H and O–H groups in total. The highest BCUT2D eigenvalue weighted by Gasteiger charge is 1.87. The van der Waals surface area contributed by atoms with E-state index in [-0.39, 0.29) is 0 Å². The largest absolute Gasteiger partial charge is 0.330 e. The fourth-order valence-electron chi connectivity index (χ4n) is 0.926. The minimum absolute atomic E-state index is 0.692. The van der Waals surface area contributed by atoms with Crippen LogP contribution in [0.4, 0.5) is 0 Å². The topological polar surface area (TPSA) is 26.0 Å². The molecule has 0 saturated heterocycles. The van der Waals surface area contributed by atoms with Crippen LogP contribution in [-0.2, 0) is 0 Å². The van der Waals surface area contributed by atoms with Gasteiger partial charge in [0, 0.05) is 5.02 Å². The van der Waals surface area contributed by atoms with Crippen molar-refractivity contribution >= 4 is 17.7 Å². The van der Waals surface area contributed by atoms with Gasteiger partial charge in [-0.05, 0) is 30.7 Å². The molecular weight excluding hydrogens is 170 g/mol. The summed E-state index contributed by atoms with van der Waals surface area (Å²) in [5.74, 6) is 0. The minimum Gasteiger partial charge on any atom is -0.330 e. The highest BCUT2D eigenvalue weighted by atomic mass is 35.5. The lowest BCUT2D eigenvalue weighted by Gasteiger charge is -1.93. The molecule has 0 radical (unpaired) electrons. The van der Waals surface area contributed by atoms with Crippen LogP contribution in [0.3, 0.4) is 0 Å². The fraction of sp³-hybridized carbons (Fsp3) is 0.200. The van der Waals surface area contributed by atoms with Crippen LogP contribution in [0.5, 0.6) is 0 Å². The Bertz CT molecular complexity index is 268. The highest BCUT2D eigenvalue weighted by Crippen LogP contribution is 2.11. The number of hydrogen-bond acceptors (Lipinski definition) is 1. The molecule has 64 valence electrons. The summed E-state index contributed by atoms with van der Waals surface area (Å²) in [5, 5.41) is 0.768. The van der Waals surface area contributed by atoms with E-state index in [2.05, 4.69) is 0 Å². The van der Waals surface area contributed by atoms with Crippen LogP contribution in [-0.4, -0.2) is 6.54 Å². The predicted octanol–water partition coefficient (Wildman–Crippen LogP) is 2.70. The Labute approximate surface area is 77.8 Å². The number of benzene rings is 1. The van der Waals surface area contributed by atoms with Crippen molar-refractivity contribution in [2.45, 2.75) is 6.42 Å². The minimum atomic E-state index is 0.692. The average molecular weight is 182 g/mol. The van der Waals surface area contributed by atoms with Crippen LogP contribution in [0.15, 0.2) is 30.3 Å². The SMILES string of the molecule is NCC/C=C/c1cccc(Cl)c1. The molecule has 0 unspecified atom stereocenters. The Balaban J connectivity index is 2.63. The maximum atomic E-state index is 5.80. The van der Waals surface area contributed by atoms with Crippen molar-refractivity contribution in [3.8, 4) is 0 Å². The van der Waals surface area contributed by atoms with Crippen molar-refractivity contribution < 1.29 is 0 Å². The van der Waals surface area contributed by atoms with E-state index in [0.29, 0.717) is 6.54 Å². The molecule has 0 aliphatic rings. The van der Waals surface area contributed by atoms with Crippen LogP contribution >= 0.6 is 11.6 Å². The van der Waals surface area contributed by atoms with E-state index in [4.69, 9.17) is 17.3 Å². The van der Waals surface area contributed by atoms with E-state index in [9.17, 15) is 0 Å². The van der Waals surface area contributed by atoms with E-state index >= 15 is 0 Å². The van der Waals surface area contributed by atoms with E-state index in [0.717, 1.165) is 17.0 Å². The zero-order valence-electron chi connectivity index (χ0n) is 6.83. The maximum Gasteiger partial charge on any atom is 0.0411 e. The molecule has 1 aromatic carbocycles. The fourth-order valence-corrected chi connectivity index (χ4v) is 1.12. The lowest BCUT2D eigenvalue weighted by atomic mass is 10.2. The third-order valence-electron chi connectivity index (χ3n) is 1.49. The Morgan fingerprint density at radius 1 is 1.42 bits per heavy atom. The molecule has 0 amide bonds. The maximum absolute atomic E-state index is 5.80. The van der Waals surface area contributed by atoms with Crippen LogP contribution in [0.1, 0.15) is 12.0 Å². The number of nitrogens with two attached hydrogens (primary N) is 1. The summed E-state index contributed by atoms with van der Waals surface area (Å²) in [6.45, 7) is 0.692. The molecule has 0 heterocycles. The van der Waals surface area contributed by atoms with E-state index < -0.39 is 0 Å². The summed E-state index contributed by atoms with van der Waals surface area (Å²) in [7, 11) is 0. The Kier molecular flexibility index (Phi) is 3.85. The second kappa shape index (κ2) is 4.96. The summed E-state index contributed by atoms with van der Waals surface area (Å²) in [6.07, 6.45) is 4.98. The van der Waals surface area contributed by atoms with Crippen molar-refractivity contribution in [2.24, 2.45) is 5.73 Å². The molecule has 1 aromatic rings. The smallest absolute Gasteiger partial charge is 0.0411 e. The Hall–Kier alpha value is -0.790. The normalized spacial score (nSPS) is 10.8. The standard InChI is InChI=1S/C10H12ClN/c11-10-6-3-5-9(8-10)4-1-2-7-12/h1,3-6,8H,2,7,12H2/b4-1+. The quantitative estimate of drug-likeness (QED) is 0.763. The summed E-state index contributed by atoms with van der Waals surface area (Å²) >= 11 is 5.80. The summed E-state index contributed by atoms with van der Waals surface area (Å²) in [4.78, 5) is 0. The highest BCUT2D eigenvalue weighted by molar-refractivity contribution is 6.30. The molecule has 0 aromatic heterocycles. The van der Waals surface area contributed by atoms with E-state index in [1.54, 1.807) is 0 Å². The van der Waals surface area contributed by atoms with Gasteiger partial charge in [-0.25, -0.2) is 0 Å². The predicted molar refractivity (Wildman–Crippen MR) is 54.2 cm³/mol. The van der Waals surface area contributed by atoms with Gasteiger partial charge in [0.2, 0.25) is 0 Å². The Morgan fingerprint density at radius 3 is 2.92 bits per heavy atom. The van der Waals surface area contributed by atoms with Gasteiger partial charge >= 0.3 is 0 Å². The molecule has 0 aliphatic heterocycles. The zero-order valence-corrected chi connectivity index (χ0v) is 7.59. The molecule has 2 heteroatoms. The first kappa shape index (κ1) is 9.30. The summed E-state index contributed by atoms with van der Waals surface area (Å²) in [5.41, 5.74) is 6.47. The first-order valence-corrected chi connectivity index (χ1v) is 4.33. The molecule has 0 fully saturated rings. The number of halogens is 1. The van der Waals surface area contributed by atoms with Gasteiger partial charge in [0.15, 0.2) is 0 Å². The molecule has 12 heavy (non-hydrogen) atoms. The number of hydrogen-bond donors (Lipinski definition) is 1. The van der Waals surface area contributed by atoms with E-state index in [1.165, 1.54) is 0 Å². The molecule has 0 atom stereocenters. The van der Waals surface area contributed by atoms with Gasteiger partial charge in [-0.1, -0.05) is 35.9 Å². The van der Waals surface area contributed by atoms with Gasteiger partial charge < -0.3 is 5.73 Å². The zero-order chi connectivity index (χ0) is 8.81. The molecule has 1 nitrogen and oxygen atoms in total. The van der Waals surface area contributed by atoms with Crippen molar-refractivity contribution in [1.82, 2.24) is 0 Å². The third-order valence-corrected chi connectivity index (χ3v) is 1.73. The summed E-state index contributed by atoms with van der Waals surface area (Å²) < 4.78 is 0. The van der Waals surface area contributed by atoms with Gasteiger partial charge in [-0.2, -0.15) is 0 Å². The van der Waals surface area contributed by atoms with Gasteiger partial charge in [-0.15, -0.1) is 0 Å². The summed E-state index contributed by atoms with van der Waals surface area (Å²) in [6, 6.07) is 7.74. The molecule has 0 spiro atoms. The third kappa shape index (κ3) is 3.07. The lowest BCUT2D eigenvalue weighted by molar-refractivity contribution is 1.01. The Morgan fingerprint density at radius 2 is 2.25 bits per heavy atom. The van der Waals surface area contributed by atoms with Crippen LogP contribution in [0.2, 0.25) is 5.02 Å². The second-order valence-electron chi connectivity index (χ2n) is 2.53. The van der Waals surface area contributed by atoms with Crippen molar-refractivity contribution in [2.75, 3.05) is 6.54 Å². The van der Waals surface area contributed by atoms with Gasteiger partial charge in [0.05, 0.1) is 0 Å². The van der Waals surface area contributed by atoms with Crippen LogP contribution in [0, 0.1) is 0 Å². The molecule has 0 bridgehead atoms. The van der Waals surface area contributed by atoms with Crippen LogP contribution in [0.25, 0.3) is 6.08 Å². The average Bonchev–Trinajstić information content (AvgIpc) is 2.05. The lowest BCUT2D eigenvalue weighted by Crippen LogP contribution is -1.94. The van der Waals surface area contributed by atoms with Gasteiger partial charge in [0.1, 0.15) is 0 Å². The molecule has 1 rings (SSSR count). The van der Waals surface area contributed by atoms with Gasteiger partial charge in [0.25, 0.3) is 0 Å². The first-order valence-electron chi connectivity index (χ1n) is 3.95. The number of rotatable bonds is 3. The van der Waals surface area contributed by atoms with Crippen molar-refractivity contribution in [3.05, 3.63) is 40.9 Å². The first-order chi connectivity index (χ1) is 5.83.